The Hall–Kier alpha value is -2.62. The molecule has 0 spiro atoms. The number of ether oxygens (including phenoxy) is 2. The third kappa shape index (κ3) is 5.71. The molecule has 0 bridgehead atoms. The fourth-order valence-electron chi connectivity index (χ4n) is 2.76. The molecule has 0 saturated carbocycles. The van der Waals surface area contributed by atoms with Crippen molar-refractivity contribution in [3.8, 4) is 22.9 Å². The summed E-state index contributed by atoms with van der Waals surface area (Å²) in [7, 11) is 1.61. The van der Waals surface area contributed by atoms with Crippen molar-refractivity contribution in [3.05, 3.63) is 58.0 Å². The van der Waals surface area contributed by atoms with Crippen molar-refractivity contribution in [1.82, 2.24) is 15.0 Å². The average Bonchev–Trinajstić information content (AvgIpc) is 3.19. The maximum Gasteiger partial charge on any atom is 0.261 e. The van der Waals surface area contributed by atoms with E-state index in [-0.39, 0.29) is 19.1 Å². The van der Waals surface area contributed by atoms with Crippen LogP contribution in [0.1, 0.15) is 26.7 Å². The lowest BCUT2D eigenvalue weighted by molar-refractivity contribution is -0.139. The molecule has 0 unspecified atom stereocenters. The number of amides is 1. The van der Waals surface area contributed by atoms with E-state index in [1.54, 1.807) is 12.0 Å². The quantitative estimate of drug-likeness (QED) is 0.425. The second-order valence-corrected chi connectivity index (χ2v) is 8.88. The third-order valence-electron chi connectivity index (χ3n) is 4.40. The molecule has 0 N–H and O–H groups in total. The van der Waals surface area contributed by atoms with E-state index in [0.29, 0.717) is 17.5 Å². The molecule has 8 heteroatoms. The van der Waals surface area contributed by atoms with Crippen LogP contribution in [0.25, 0.3) is 11.4 Å². The molecular formula is C22H24IN3O4. The van der Waals surface area contributed by atoms with E-state index in [9.17, 15) is 4.79 Å². The highest BCUT2D eigenvalue weighted by molar-refractivity contribution is 14.1. The fourth-order valence-corrected chi connectivity index (χ4v) is 3.12. The van der Waals surface area contributed by atoms with Gasteiger partial charge >= 0.3 is 0 Å². The highest BCUT2D eigenvalue weighted by atomic mass is 127. The third-order valence-corrected chi connectivity index (χ3v) is 5.12. The predicted octanol–water partition coefficient (Wildman–Crippen LogP) is 4.56. The van der Waals surface area contributed by atoms with Crippen LogP contribution in [0, 0.1) is 3.57 Å². The normalized spacial score (nSPS) is 11.2. The molecule has 158 valence electrons. The van der Waals surface area contributed by atoms with Crippen LogP contribution in [0.5, 0.6) is 11.5 Å². The van der Waals surface area contributed by atoms with Crippen LogP contribution < -0.4 is 9.47 Å². The van der Waals surface area contributed by atoms with E-state index in [4.69, 9.17) is 14.0 Å². The van der Waals surface area contributed by atoms with Crippen molar-refractivity contribution < 1.29 is 18.8 Å². The Morgan fingerprint density at radius 2 is 1.70 bits per heavy atom. The molecule has 0 radical (unpaired) electrons. The fraction of sp³-hybridized carbons (Fsp3) is 0.318. The summed E-state index contributed by atoms with van der Waals surface area (Å²) in [5.41, 5.74) is 0.364. The smallest absolute Gasteiger partial charge is 0.261 e. The molecule has 3 aromatic rings. The number of carbonyl (C=O) groups excluding carboxylic acids is 1. The molecule has 7 nitrogen and oxygen atoms in total. The first-order valence-corrected chi connectivity index (χ1v) is 10.5. The van der Waals surface area contributed by atoms with Crippen LogP contribution >= 0.6 is 22.6 Å². The minimum Gasteiger partial charge on any atom is -0.497 e. The molecule has 0 aliphatic heterocycles. The van der Waals surface area contributed by atoms with Gasteiger partial charge in [-0.05, 0) is 91.9 Å². The Morgan fingerprint density at radius 1 is 1.07 bits per heavy atom. The largest absolute Gasteiger partial charge is 0.497 e. The highest BCUT2D eigenvalue weighted by Gasteiger charge is 2.29. The zero-order valence-corrected chi connectivity index (χ0v) is 19.5. The van der Waals surface area contributed by atoms with Crippen LogP contribution in [0.4, 0.5) is 0 Å². The summed E-state index contributed by atoms with van der Waals surface area (Å²) in [6, 6.07) is 14.9. The van der Waals surface area contributed by atoms with E-state index in [2.05, 4.69) is 32.7 Å². The van der Waals surface area contributed by atoms with Gasteiger partial charge in [0.1, 0.15) is 18.0 Å². The number of hydrogen-bond donors (Lipinski definition) is 0. The maximum atomic E-state index is 12.9. The van der Waals surface area contributed by atoms with Gasteiger partial charge in [0.15, 0.2) is 6.61 Å². The van der Waals surface area contributed by atoms with Crippen LogP contribution in [0.15, 0.2) is 53.1 Å². The molecule has 2 aromatic carbocycles. The Labute approximate surface area is 189 Å². The summed E-state index contributed by atoms with van der Waals surface area (Å²) in [4.78, 5) is 19.0. The summed E-state index contributed by atoms with van der Waals surface area (Å²) in [6.45, 7) is 5.99. The second-order valence-electron chi connectivity index (χ2n) is 7.63. The number of nitrogens with zero attached hydrogens (tertiary/aromatic N) is 3. The lowest BCUT2D eigenvalue weighted by Gasteiger charge is -2.34. The number of carbonyl (C=O) groups is 1. The van der Waals surface area contributed by atoms with Gasteiger partial charge in [-0.15, -0.1) is 0 Å². The standard InChI is InChI=1S/C22H24IN3O4/c1-22(2,3)26(20(27)14-29-18-11-7-16(23)8-12-18)13-19-24-21(25-30-19)15-5-9-17(28-4)10-6-15/h5-12H,13-14H2,1-4H3. The van der Waals surface area contributed by atoms with Crippen LogP contribution in [0.2, 0.25) is 0 Å². The minimum atomic E-state index is -0.443. The van der Waals surface area contributed by atoms with Crippen molar-refractivity contribution >= 4 is 28.5 Å². The molecule has 1 heterocycles. The van der Waals surface area contributed by atoms with E-state index in [1.165, 1.54) is 0 Å². The van der Waals surface area contributed by atoms with Gasteiger partial charge in [0, 0.05) is 14.7 Å². The molecule has 30 heavy (non-hydrogen) atoms. The molecular weight excluding hydrogens is 497 g/mol. The first-order valence-electron chi connectivity index (χ1n) is 9.42. The molecule has 0 aliphatic rings. The van der Waals surface area contributed by atoms with Crippen molar-refractivity contribution in [2.24, 2.45) is 0 Å². The van der Waals surface area contributed by atoms with Crippen molar-refractivity contribution in [1.29, 1.82) is 0 Å². The number of rotatable bonds is 7. The summed E-state index contributed by atoms with van der Waals surface area (Å²) in [5, 5.41) is 4.04. The Morgan fingerprint density at radius 3 is 2.30 bits per heavy atom. The first kappa shape index (κ1) is 22.1. The Balaban J connectivity index is 1.69. The number of hydrogen-bond acceptors (Lipinski definition) is 6. The topological polar surface area (TPSA) is 77.7 Å². The number of benzene rings is 2. The van der Waals surface area contributed by atoms with Crippen molar-refractivity contribution in [2.45, 2.75) is 32.9 Å². The summed E-state index contributed by atoms with van der Waals surface area (Å²) in [6.07, 6.45) is 0. The van der Waals surface area contributed by atoms with Crippen LogP contribution in [0.3, 0.4) is 0 Å². The van der Waals surface area contributed by atoms with E-state index in [1.807, 2.05) is 69.3 Å². The van der Waals surface area contributed by atoms with E-state index >= 15 is 0 Å². The summed E-state index contributed by atoms with van der Waals surface area (Å²) < 4.78 is 17.3. The SMILES string of the molecule is COc1ccc(-c2noc(CN(C(=O)COc3ccc(I)cc3)C(C)(C)C)n2)cc1. The van der Waals surface area contributed by atoms with Crippen LogP contribution in [-0.2, 0) is 11.3 Å². The molecule has 0 saturated heterocycles. The van der Waals surface area contributed by atoms with Crippen molar-refractivity contribution in [2.75, 3.05) is 13.7 Å². The van der Waals surface area contributed by atoms with E-state index < -0.39 is 5.54 Å². The van der Waals surface area contributed by atoms with Gasteiger partial charge in [-0.25, -0.2) is 0 Å². The number of methoxy groups -OCH3 is 1. The minimum absolute atomic E-state index is 0.0721. The monoisotopic (exact) mass is 521 g/mol. The molecule has 0 atom stereocenters. The van der Waals surface area contributed by atoms with Crippen LogP contribution in [-0.4, -0.2) is 40.2 Å². The lowest BCUT2D eigenvalue weighted by atomic mass is 10.1. The van der Waals surface area contributed by atoms with Gasteiger partial charge in [0.2, 0.25) is 11.7 Å². The van der Waals surface area contributed by atoms with Gasteiger partial charge < -0.3 is 18.9 Å². The average molecular weight is 521 g/mol. The lowest BCUT2D eigenvalue weighted by Crippen LogP contribution is -2.47. The highest BCUT2D eigenvalue weighted by Crippen LogP contribution is 2.22. The maximum absolute atomic E-state index is 12.9. The molecule has 1 amide bonds. The van der Waals surface area contributed by atoms with Gasteiger partial charge in [0.05, 0.1) is 7.11 Å². The Kier molecular flexibility index (Phi) is 6.96. The zero-order valence-electron chi connectivity index (χ0n) is 17.4. The number of halogens is 1. The first-order chi connectivity index (χ1) is 14.3. The Bertz CT molecular complexity index is 979. The molecule has 1 aromatic heterocycles. The van der Waals surface area contributed by atoms with Gasteiger partial charge in [-0.1, -0.05) is 5.16 Å². The zero-order chi connectivity index (χ0) is 21.7. The van der Waals surface area contributed by atoms with E-state index in [0.717, 1.165) is 14.9 Å². The number of aromatic nitrogens is 2. The van der Waals surface area contributed by atoms with Gasteiger partial charge in [-0.3, -0.25) is 4.79 Å². The van der Waals surface area contributed by atoms with Gasteiger partial charge in [0.25, 0.3) is 5.91 Å². The summed E-state index contributed by atoms with van der Waals surface area (Å²) >= 11 is 2.22. The second kappa shape index (κ2) is 9.46. The van der Waals surface area contributed by atoms with Crippen molar-refractivity contribution in [3.63, 3.8) is 0 Å². The molecule has 3 rings (SSSR count). The summed E-state index contributed by atoms with van der Waals surface area (Å²) in [5.74, 6) is 2.06. The van der Waals surface area contributed by atoms with Gasteiger partial charge in [-0.2, -0.15) is 4.98 Å². The molecule has 0 fully saturated rings. The predicted molar refractivity (Wildman–Crippen MR) is 121 cm³/mol. The molecule has 0 aliphatic carbocycles.